The maximum atomic E-state index is 14.3. The molecule has 0 unspecified atom stereocenters. The molecule has 6 aromatic rings. The minimum Gasteiger partial charge on any atom is -0.481 e. The van der Waals surface area contributed by atoms with Crippen molar-refractivity contribution in [2.24, 2.45) is 5.92 Å². The molecule has 1 amide bonds. The van der Waals surface area contributed by atoms with Gasteiger partial charge in [-0.25, -0.2) is 15.0 Å². The van der Waals surface area contributed by atoms with E-state index in [0.717, 1.165) is 47.1 Å². The molecule has 14 heteroatoms. The summed E-state index contributed by atoms with van der Waals surface area (Å²) in [6.45, 7) is 3.24. The quantitative estimate of drug-likeness (QED) is 0.208. The number of likely N-dealkylation sites (tertiary alicyclic amines) is 2. The average molecular weight is 747 g/mol. The average Bonchev–Trinajstić information content (AvgIpc) is 3.87. The summed E-state index contributed by atoms with van der Waals surface area (Å²) in [5.74, 6) is 1.60. The molecule has 2 atom stereocenters. The Morgan fingerprint density at radius 2 is 1.74 bits per heavy atom. The summed E-state index contributed by atoms with van der Waals surface area (Å²) >= 11 is 1.66. The number of hydrogen-bond acceptors (Lipinski definition) is 11. The van der Waals surface area contributed by atoms with Gasteiger partial charge < -0.3 is 19.5 Å². The zero-order valence-corrected chi connectivity index (χ0v) is 31.1. The number of pyridine rings is 2. The van der Waals surface area contributed by atoms with Gasteiger partial charge in [0.25, 0.3) is 5.56 Å². The molecule has 5 aromatic heterocycles. The van der Waals surface area contributed by atoms with Crippen LogP contribution in [0.3, 0.4) is 0 Å². The molecule has 2 aliphatic rings. The Morgan fingerprint density at radius 3 is 2.50 bits per heavy atom. The summed E-state index contributed by atoms with van der Waals surface area (Å²) in [4.78, 5) is 51.3. The number of amides is 1. The van der Waals surface area contributed by atoms with Gasteiger partial charge in [0, 0.05) is 79.2 Å². The van der Waals surface area contributed by atoms with E-state index in [2.05, 4.69) is 37.0 Å². The lowest BCUT2D eigenvalue weighted by Gasteiger charge is -2.43. The smallest absolute Gasteiger partial charge is 0.262 e. The zero-order chi connectivity index (χ0) is 37.2. The zero-order valence-electron chi connectivity index (χ0n) is 30.2. The van der Waals surface area contributed by atoms with Crippen molar-refractivity contribution in [1.82, 2.24) is 38.9 Å². The molecule has 54 heavy (non-hydrogen) atoms. The van der Waals surface area contributed by atoms with Gasteiger partial charge in [-0.15, -0.1) is 11.3 Å². The van der Waals surface area contributed by atoms with Crippen LogP contribution in [0.4, 0.5) is 0 Å². The number of methoxy groups -OCH3 is 2. The van der Waals surface area contributed by atoms with E-state index >= 15 is 0 Å². The molecule has 7 heterocycles. The van der Waals surface area contributed by atoms with Gasteiger partial charge in [-0.05, 0) is 49.6 Å². The van der Waals surface area contributed by atoms with Gasteiger partial charge in [-0.2, -0.15) is 4.98 Å². The molecule has 8 rings (SSSR count). The normalized spacial score (nSPS) is 18.8. The first-order valence-corrected chi connectivity index (χ1v) is 18.9. The summed E-state index contributed by atoms with van der Waals surface area (Å²) in [6, 6.07) is 21.2. The van der Waals surface area contributed by atoms with Crippen molar-refractivity contribution in [3.63, 3.8) is 0 Å². The lowest BCUT2D eigenvalue weighted by molar-refractivity contribution is -0.142. The Morgan fingerprint density at radius 1 is 0.926 bits per heavy atom. The van der Waals surface area contributed by atoms with Crippen LogP contribution >= 0.6 is 11.3 Å². The van der Waals surface area contributed by atoms with Crippen molar-refractivity contribution in [3.8, 4) is 28.1 Å². The topological polar surface area (TPSA) is 141 Å². The molecule has 278 valence electrons. The van der Waals surface area contributed by atoms with Gasteiger partial charge in [-0.3, -0.25) is 23.6 Å². The number of carbonyl (C=O) groups excluding carboxylic acids is 1. The highest BCUT2D eigenvalue weighted by molar-refractivity contribution is 7.15. The summed E-state index contributed by atoms with van der Waals surface area (Å²) in [5, 5.41) is 13.0. The van der Waals surface area contributed by atoms with Crippen LogP contribution in [0.1, 0.15) is 35.6 Å². The van der Waals surface area contributed by atoms with Gasteiger partial charge >= 0.3 is 0 Å². The molecule has 2 fully saturated rings. The van der Waals surface area contributed by atoms with Crippen molar-refractivity contribution in [2.75, 3.05) is 40.4 Å². The Kier molecular flexibility index (Phi) is 9.97. The van der Waals surface area contributed by atoms with E-state index in [0.29, 0.717) is 54.5 Å². The fraction of sp³-hybridized carbons (Fsp3) is 0.350. The molecule has 0 spiro atoms. The third-order valence-electron chi connectivity index (χ3n) is 10.7. The van der Waals surface area contributed by atoms with Crippen LogP contribution in [-0.2, 0) is 17.9 Å². The van der Waals surface area contributed by atoms with Gasteiger partial charge in [0.15, 0.2) is 5.65 Å². The maximum Gasteiger partial charge on any atom is 0.262 e. The number of fused-ring (bicyclic) bond motifs is 1. The molecular formula is C40H42N8O5S. The number of aliphatic hydroxyl groups is 1. The van der Waals surface area contributed by atoms with Crippen molar-refractivity contribution in [1.29, 1.82) is 0 Å². The monoisotopic (exact) mass is 746 g/mol. The number of hydrogen-bond donors (Lipinski definition) is 1. The largest absolute Gasteiger partial charge is 0.481 e. The van der Waals surface area contributed by atoms with E-state index < -0.39 is 5.60 Å². The molecule has 0 radical (unpaired) electrons. The predicted octanol–water partition coefficient (Wildman–Crippen LogP) is 4.78. The van der Waals surface area contributed by atoms with Gasteiger partial charge in [0.2, 0.25) is 17.7 Å². The molecule has 1 N–H and O–H groups in total. The fourth-order valence-corrected chi connectivity index (χ4v) is 8.66. The standard InChI is InChI=1S/C40H42N8O5S/c1-52-34-12-11-28(21-41-34)37-42-22-29(54-37)23-45-17-13-30(32(24-45)27-7-4-3-5-8-27)38(49)46-19-15-40(51,16-20-46)25-47-26-43-36-31(39(47)50)14-18-48(36)33-9-6-10-35(44-33)53-2/h3-12,14,18,21-22,26,30,32,51H,13,15-17,19-20,23-25H2,1-2H3/t30-,32+/m1/s1. The molecule has 0 bridgehead atoms. The molecule has 0 aliphatic carbocycles. The Hall–Kier alpha value is -5.44. The molecule has 13 nitrogen and oxygen atoms in total. The molecule has 0 saturated carbocycles. The molecule has 2 aliphatic heterocycles. The third kappa shape index (κ3) is 7.24. The number of benzene rings is 1. The number of ether oxygens (including phenoxy) is 2. The number of nitrogens with zero attached hydrogens (tertiary/aromatic N) is 8. The van der Waals surface area contributed by atoms with E-state index in [-0.39, 0.29) is 29.8 Å². The third-order valence-corrected chi connectivity index (χ3v) is 11.7. The van der Waals surface area contributed by atoms with Gasteiger partial charge in [0.05, 0.1) is 31.8 Å². The fourth-order valence-electron chi connectivity index (χ4n) is 7.72. The number of piperidine rings is 2. The summed E-state index contributed by atoms with van der Waals surface area (Å²) in [5.41, 5.74) is 1.20. The second kappa shape index (κ2) is 15.1. The van der Waals surface area contributed by atoms with Crippen LogP contribution in [0.5, 0.6) is 11.8 Å². The highest BCUT2D eigenvalue weighted by atomic mass is 32.1. The van der Waals surface area contributed by atoms with Crippen LogP contribution in [0, 0.1) is 5.92 Å². The number of thiazole rings is 1. The van der Waals surface area contributed by atoms with Crippen LogP contribution in [0.25, 0.3) is 27.4 Å². The Labute approximate surface area is 316 Å². The molecular weight excluding hydrogens is 705 g/mol. The van der Waals surface area contributed by atoms with Gasteiger partial charge in [0.1, 0.15) is 17.2 Å². The van der Waals surface area contributed by atoms with Crippen LogP contribution in [0.2, 0.25) is 0 Å². The van der Waals surface area contributed by atoms with Crippen LogP contribution in [0.15, 0.2) is 96.4 Å². The predicted molar refractivity (Wildman–Crippen MR) is 205 cm³/mol. The lowest BCUT2D eigenvalue weighted by atomic mass is 9.79. The van der Waals surface area contributed by atoms with E-state index in [1.807, 2.05) is 53.6 Å². The molecule has 1 aromatic carbocycles. The lowest BCUT2D eigenvalue weighted by Crippen LogP contribution is -2.53. The first-order valence-electron chi connectivity index (χ1n) is 18.1. The van der Waals surface area contributed by atoms with Crippen LogP contribution in [-0.4, -0.2) is 95.9 Å². The first kappa shape index (κ1) is 35.6. The Bertz CT molecular complexity index is 2300. The summed E-state index contributed by atoms with van der Waals surface area (Å²) in [7, 11) is 3.15. The van der Waals surface area contributed by atoms with E-state index in [9.17, 15) is 14.7 Å². The van der Waals surface area contributed by atoms with Gasteiger partial charge in [-0.1, -0.05) is 36.4 Å². The number of carbonyl (C=O) groups is 1. The van der Waals surface area contributed by atoms with Crippen LogP contribution < -0.4 is 15.0 Å². The number of rotatable bonds is 10. The van der Waals surface area contributed by atoms with E-state index in [1.54, 1.807) is 54.6 Å². The van der Waals surface area contributed by atoms with Crippen molar-refractivity contribution in [2.45, 2.75) is 43.9 Å². The summed E-state index contributed by atoms with van der Waals surface area (Å²) < 4.78 is 13.7. The number of aromatic nitrogens is 6. The Balaban J connectivity index is 0.923. The second-order valence-corrected chi connectivity index (χ2v) is 15.2. The minimum atomic E-state index is -1.15. The highest BCUT2D eigenvalue weighted by Crippen LogP contribution is 2.37. The second-order valence-electron chi connectivity index (χ2n) is 14.1. The maximum absolute atomic E-state index is 14.3. The van der Waals surface area contributed by atoms with E-state index in [4.69, 9.17) is 9.47 Å². The minimum absolute atomic E-state index is 0.0299. The van der Waals surface area contributed by atoms with E-state index in [1.165, 1.54) is 10.9 Å². The molecule has 2 saturated heterocycles. The van der Waals surface area contributed by atoms with Crippen molar-refractivity contribution < 1.29 is 19.4 Å². The first-order chi connectivity index (χ1) is 26.3. The summed E-state index contributed by atoms with van der Waals surface area (Å²) in [6.07, 6.45) is 8.43. The highest BCUT2D eigenvalue weighted by Gasteiger charge is 2.41. The SMILES string of the molecule is COc1ccc(-c2ncc(CN3CC[C@@H](C(=O)N4CCC(O)(Cn5cnc6c(ccn6-c6cccc(OC)n6)c5=O)CC4)[C@H](c4ccccc4)C3)s2)cn1. The van der Waals surface area contributed by atoms with Crippen molar-refractivity contribution in [3.05, 3.63) is 112 Å². The van der Waals surface area contributed by atoms with Crippen molar-refractivity contribution >= 4 is 28.3 Å².